The van der Waals surface area contributed by atoms with Crippen LogP contribution in [0.3, 0.4) is 0 Å². The van der Waals surface area contributed by atoms with E-state index in [0.29, 0.717) is 0 Å². The van der Waals surface area contributed by atoms with Crippen molar-refractivity contribution >= 4 is 33.0 Å². The predicted octanol–water partition coefficient (Wildman–Crippen LogP) is 3.58. The van der Waals surface area contributed by atoms with Gasteiger partial charge in [0.25, 0.3) is 10.0 Å². The normalized spacial score (nSPS) is 11.3. The van der Waals surface area contributed by atoms with Crippen LogP contribution in [-0.2, 0) is 21.4 Å². The third kappa shape index (κ3) is 4.56. The van der Waals surface area contributed by atoms with Crippen LogP contribution >= 0.6 is 11.3 Å². The van der Waals surface area contributed by atoms with Crippen LogP contribution in [0.1, 0.15) is 5.56 Å². The van der Waals surface area contributed by atoms with Crippen molar-refractivity contribution in [3.05, 3.63) is 96.1 Å². The summed E-state index contributed by atoms with van der Waals surface area (Å²) in [4.78, 5) is 16.8. The minimum atomic E-state index is -4.12. The molecule has 1 N–H and O–H groups in total. The highest BCUT2D eigenvalue weighted by molar-refractivity contribution is 7.94. The van der Waals surface area contributed by atoms with Crippen molar-refractivity contribution in [3.63, 3.8) is 0 Å². The molecule has 32 heavy (non-hydrogen) atoms. The molecule has 164 valence electrons. The van der Waals surface area contributed by atoms with Crippen molar-refractivity contribution in [2.45, 2.75) is 10.8 Å². The van der Waals surface area contributed by atoms with Gasteiger partial charge in [0.1, 0.15) is 16.6 Å². The molecule has 10 heteroatoms. The summed E-state index contributed by atoms with van der Waals surface area (Å²) >= 11 is 1.00. The summed E-state index contributed by atoms with van der Waals surface area (Å²) in [6, 6.07) is 15.9. The van der Waals surface area contributed by atoms with E-state index in [4.69, 9.17) is 0 Å². The second-order valence-electron chi connectivity index (χ2n) is 6.77. The van der Waals surface area contributed by atoms with Crippen molar-refractivity contribution in [2.75, 3.05) is 10.8 Å². The SMILES string of the molecule is O=C(CN(c1ccccc1F)S(=O)(=O)c1cccs1)NCc1ccccc1-n1ccnc1. The fourth-order valence-electron chi connectivity index (χ4n) is 3.17. The van der Waals surface area contributed by atoms with E-state index < -0.39 is 28.3 Å². The summed E-state index contributed by atoms with van der Waals surface area (Å²) in [5.74, 6) is -1.29. The molecule has 0 aliphatic rings. The molecule has 2 aromatic heterocycles. The Morgan fingerprint density at radius 2 is 1.88 bits per heavy atom. The van der Waals surface area contributed by atoms with E-state index in [1.54, 1.807) is 30.2 Å². The number of nitrogens with zero attached hydrogens (tertiary/aromatic N) is 3. The first kappa shape index (κ1) is 21.7. The van der Waals surface area contributed by atoms with E-state index in [2.05, 4.69) is 10.3 Å². The van der Waals surface area contributed by atoms with Gasteiger partial charge in [-0.3, -0.25) is 9.10 Å². The monoisotopic (exact) mass is 470 g/mol. The first-order valence-electron chi connectivity index (χ1n) is 9.60. The molecule has 0 radical (unpaired) electrons. The topological polar surface area (TPSA) is 84.3 Å². The van der Waals surface area contributed by atoms with Crippen molar-refractivity contribution in [2.24, 2.45) is 0 Å². The number of amides is 1. The fourth-order valence-corrected chi connectivity index (χ4v) is 5.70. The Hall–Kier alpha value is -3.50. The molecular weight excluding hydrogens is 451 g/mol. The molecule has 1 amide bonds. The Kier molecular flexibility index (Phi) is 6.33. The highest BCUT2D eigenvalue weighted by Gasteiger charge is 2.29. The molecule has 4 aromatic rings. The Morgan fingerprint density at radius 3 is 2.59 bits per heavy atom. The average molecular weight is 471 g/mol. The Bertz CT molecular complexity index is 1310. The summed E-state index contributed by atoms with van der Waals surface area (Å²) < 4.78 is 43.4. The lowest BCUT2D eigenvalue weighted by Gasteiger charge is -2.23. The number of nitrogens with one attached hydrogen (secondary N) is 1. The minimum Gasteiger partial charge on any atom is -0.350 e. The number of para-hydroxylation sites is 2. The van der Waals surface area contributed by atoms with Gasteiger partial charge in [-0.05, 0) is 35.2 Å². The Labute approximate surface area is 188 Å². The number of hydrogen-bond donors (Lipinski definition) is 1. The van der Waals surface area contributed by atoms with Crippen molar-refractivity contribution in [3.8, 4) is 5.69 Å². The van der Waals surface area contributed by atoms with Crippen LogP contribution in [0.25, 0.3) is 5.69 Å². The van der Waals surface area contributed by atoms with Gasteiger partial charge in [0.15, 0.2) is 0 Å². The van der Waals surface area contributed by atoms with Gasteiger partial charge in [-0.1, -0.05) is 36.4 Å². The van der Waals surface area contributed by atoms with Crippen LogP contribution in [0.15, 0.2) is 89.0 Å². The number of thiophene rings is 1. The van der Waals surface area contributed by atoms with E-state index in [9.17, 15) is 17.6 Å². The second-order valence-corrected chi connectivity index (χ2v) is 9.81. The van der Waals surface area contributed by atoms with Gasteiger partial charge in [0.05, 0.1) is 17.7 Å². The van der Waals surface area contributed by atoms with E-state index in [1.165, 1.54) is 24.3 Å². The Morgan fingerprint density at radius 1 is 1.09 bits per heavy atom. The van der Waals surface area contributed by atoms with Crippen LogP contribution in [-0.4, -0.2) is 30.4 Å². The molecule has 0 saturated heterocycles. The van der Waals surface area contributed by atoms with Gasteiger partial charge in [0.2, 0.25) is 5.91 Å². The molecule has 0 unspecified atom stereocenters. The number of anilines is 1. The van der Waals surface area contributed by atoms with Crippen molar-refractivity contribution in [1.82, 2.24) is 14.9 Å². The zero-order valence-electron chi connectivity index (χ0n) is 16.8. The molecule has 2 heterocycles. The van der Waals surface area contributed by atoms with E-state index >= 15 is 0 Å². The number of carbonyl (C=O) groups excluding carboxylic acids is 1. The average Bonchev–Trinajstić information content (AvgIpc) is 3.52. The molecular formula is C22H19FN4O3S2. The summed E-state index contributed by atoms with van der Waals surface area (Å²) in [5, 5.41) is 4.35. The molecule has 0 spiro atoms. The maximum atomic E-state index is 14.5. The lowest BCUT2D eigenvalue weighted by Crippen LogP contribution is -2.41. The van der Waals surface area contributed by atoms with Gasteiger partial charge < -0.3 is 9.88 Å². The van der Waals surface area contributed by atoms with Crippen LogP contribution in [0.5, 0.6) is 0 Å². The molecule has 0 bridgehead atoms. The van der Waals surface area contributed by atoms with Crippen molar-refractivity contribution < 1.29 is 17.6 Å². The van der Waals surface area contributed by atoms with Gasteiger partial charge in [0, 0.05) is 18.9 Å². The maximum absolute atomic E-state index is 14.5. The van der Waals surface area contributed by atoms with Gasteiger partial charge in [-0.25, -0.2) is 17.8 Å². The molecule has 0 aliphatic heterocycles. The smallest absolute Gasteiger partial charge is 0.274 e. The third-order valence-electron chi connectivity index (χ3n) is 4.70. The predicted molar refractivity (Wildman–Crippen MR) is 121 cm³/mol. The van der Waals surface area contributed by atoms with Gasteiger partial charge >= 0.3 is 0 Å². The van der Waals surface area contributed by atoms with Crippen LogP contribution in [0, 0.1) is 5.82 Å². The van der Waals surface area contributed by atoms with Gasteiger partial charge in [-0.15, -0.1) is 11.3 Å². The van der Waals surface area contributed by atoms with E-state index in [1.807, 2.05) is 28.8 Å². The van der Waals surface area contributed by atoms with Crippen LogP contribution < -0.4 is 9.62 Å². The standard InChI is InChI=1S/C22H19FN4O3S2/c23-18-7-2-4-9-20(18)27(32(29,30)22-10-5-13-31-22)15-21(28)25-14-17-6-1-3-8-19(17)26-12-11-24-16-26/h1-13,16H,14-15H2,(H,25,28). The van der Waals surface area contributed by atoms with Crippen LogP contribution in [0.4, 0.5) is 10.1 Å². The number of sulfonamides is 1. The molecule has 7 nitrogen and oxygen atoms in total. The fraction of sp³-hybridized carbons (Fsp3) is 0.0909. The molecule has 4 rings (SSSR count). The summed E-state index contributed by atoms with van der Waals surface area (Å²) in [6.45, 7) is -0.397. The van der Waals surface area contributed by atoms with E-state index in [0.717, 1.165) is 33.0 Å². The quantitative estimate of drug-likeness (QED) is 0.427. The minimum absolute atomic E-state index is 0.0269. The number of imidazole rings is 1. The zero-order valence-corrected chi connectivity index (χ0v) is 18.4. The number of carbonyl (C=O) groups is 1. The number of aromatic nitrogens is 2. The third-order valence-corrected chi connectivity index (χ3v) is 7.83. The highest BCUT2D eigenvalue weighted by atomic mass is 32.2. The maximum Gasteiger partial charge on any atom is 0.274 e. The largest absolute Gasteiger partial charge is 0.350 e. The Balaban J connectivity index is 1.56. The molecule has 0 aliphatic carbocycles. The number of benzene rings is 2. The lowest BCUT2D eigenvalue weighted by molar-refractivity contribution is -0.119. The van der Waals surface area contributed by atoms with Gasteiger partial charge in [-0.2, -0.15) is 0 Å². The molecule has 0 saturated carbocycles. The molecule has 0 atom stereocenters. The lowest BCUT2D eigenvalue weighted by atomic mass is 10.1. The summed E-state index contributed by atoms with van der Waals surface area (Å²) in [7, 11) is -4.12. The van der Waals surface area contributed by atoms with E-state index in [-0.39, 0.29) is 16.4 Å². The van der Waals surface area contributed by atoms with Crippen molar-refractivity contribution in [1.29, 1.82) is 0 Å². The first-order chi connectivity index (χ1) is 15.5. The summed E-state index contributed by atoms with van der Waals surface area (Å²) in [6.07, 6.45) is 5.08. The highest BCUT2D eigenvalue weighted by Crippen LogP contribution is 2.28. The number of halogens is 1. The number of hydrogen-bond acceptors (Lipinski definition) is 5. The summed E-state index contributed by atoms with van der Waals surface area (Å²) in [5.41, 5.74) is 1.47. The van der Waals surface area contributed by atoms with Crippen LogP contribution in [0.2, 0.25) is 0 Å². The number of rotatable bonds is 8. The first-order valence-corrected chi connectivity index (χ1v) is 11.9. The second kappa shape index (κ2) is 9.33. The molecule has 2 aromatic carbocycles. The zero-order chi connectivity index (χ0) is 22.6. The molecule has 0 fully saturated rings.